The van der Waals surface area contributed by atoms with Crippen molar-refractivity contribution in [1.29, 1.82) is 0 Å². The number of carbonyl (C=O) groups excluding carboxylic acids is 2. The first-order chi connectivity index (χ1) is 11.6. The van der Waals surface area contributed by atoms with Crippen LogP contribution in [0.2, 0.25) is 0 Å². The third-order valence-electron chi connectivity index (χ3n) is 4.42. The van der Waals surface area contributed by atoms with Crippen molar-refractivity contribution in [3.8, 4) is 0 Å². The molecule has 2 rings (SSSR count). The molecule has 0 bridgehead atoms. The van der Waals surface area contributed by atoms with Gasteiger partial charge in [0.1, 0.15) is 5.78 Å². The van der Waals surface area contributed by atoms with Crippen molar-refractivity contribution >= 4 is 11.8 Å². The van der Waals surface area contributed by atoms with E-state index < -0.39 is 0 Å². The second kappa shape index (κ2) is 9.38. The van der Waals surface area contributed by atoms with E-state index in [1.807, 2.05) is 30.3 Å². The lowest BCUT2D eigenvalue weighted by molar-refractivity contribution is -0.152. The van der Waals surface area contributed by atoms with Crippen molar-refractivity contribution in [1.82, 2.24) is 0 Å². The number of ketones is 1. The molecule has 1 aromatic carbocycles. The number of hydrogen-bond acceptors (Lipinski definition) is 4. The molecule has 4 heteroatoms. The van der Waals surface area contributed by atoms with E-state index in [1.54, 1.807) is 13.8 Å². The average Bonchev–Trinajstić information content (AvgIpc) is 2.59. The fraction of sp³-hybridized carbons (Fsp3) is 0.500. The monoisotopic (exact) mass is 330 g/mol. The fourth-order valence-electron chi connectivity index (χ4n) is 3.08. The molecule has 4 nitrogen and oxygen atoms in total. The van der Waals surface area contributed by atoms with Gasteiger partial charge < -0.3 is 9.47 Å². The Balaban J connectivity index is 1.84. The highest BCUT2D eigenvalue weighted by Gasteiger charge is 2.35. The van der Waals surface area contributed by atoms with Crippen molar-refractivity contribution in [3.63, 3.8) is 0 Å². The molecule has 2 atom stereocenters. The summed E-state index contributed by atoms with van der Waals surface area (Å²) in [4.78, 5) is 23.9. The van der Waals surface area contributed by atoms with Gasteiger partial charge in [-0.15, -0.1) is 0 Å². The Labute approximate surface area is 143 Å². The molecule has 0 amide bonds. The van der Waals surface area contributed by atoms with Gasteiger partial charge in [-0.25, -0.2) is 0 Å². The maximum Gasteiger partial charge on any atom is 0.309 e. The Hall–Kier alpha value is -1.94. The third kappa shape index (κ3) is 5.31. The maximum atomic E-state index is 12.1. The lowest BCUT2D eigenvalue weighted by Gasteiger charge is -2.28. The second-order valence-corrected chi connectivity index (χ2v) is 6.17. The highest BCUT2D eigenvalue weighted by Crippen LogP contribution is 2.33. The van der Waals surface area contributed by atoms with Crippen LogP contribution in [0.3, 0.4) is 0 Å². The van der Waals surface area contributed by atoms with Gasteiger partial charge in [-0.1, -0.05) is 42.0 Å². The molecule has 0 saturated heterocycles. The first-order valence-electron chi connectivity index (χ1n) is 8.58. The first kappa shape index (κ1) is 18.4. The molecule has 1 aromatic rings. The molecule has 0 aromatic heterocycles. The predicted molar refractivity (Wildman–Crippen MR) is 92.3 cm³/mol. The summed E-state index contributed by atoms with van der Waals surface area (Å²) in [5, 5.41) is 0. The molecule has 0 saturated carbocycles. The minimum absolute atomic E-state index is 0.0590. The highest BCUT2D eigenvalue weighted by atomic mass is 16.5. The van der Waals surface area contributed by atoms with Crippen LogP contribution in [0, 0.1) is 11.8 Å². The van der Waals surface area contributed by atoms with E-state index in [2.05, 4.69) is 6.08 Å². The minimum Gasteiger partial charge on any atom is -0.466 e. The third-order valence-corrected chi connectivity index (χ3v) is 4.42. The summed E-state index contributed by atoms with van der Waals surface area (Å²) >= 11 is 0. The average molecular weight is 330 g/mol. The number of allylic oxidation sites excluding steroid dienone is 1. The number of hydrogen-bond donors (Lipinski definition) is 0. The van der Waals surface area contributed by atoms with Crippen LogP contribution in [0.4, 0.5) is 0 Å². The van der Waals surface area contributed by atoms with Crippen LogP contribution >= 0.6 is 0 Å². The molecule has 0 aliphatic heterocycles. The second-order valence-electron chi connectivity index (χ2n) is 6.17. The largest absolute Gasteiger partial charge is 0.466 e. The maximum absolute atomic E-state index is 12.1. The first-order valence-corrected chi connectivity index (χ1v) is 8.58. The zero-order valence-corrected chi connectivity index (χ0v) is 14.5. The van der Waals surface area contributed by atoms with Gasteiger partial charge in [0.15, 0.2) is 0 Å². The van der Waals surface area contributed by atoms with E-state index in [-0.39, 0.29) is 23.6 Å². The molecule has 0 spiro atoms. The zero-order chi connectivity index (χ0) is 17.4. The molecule has 130 valence electrons. The summed E-state index contributed by atoms with van der Waals surface area (Å²) in [7, 11) is 0. The van der Waals surface area contributed by atoms with Gasteiger partial charge >= 0.3 is 5.97 Å². The Bertz CT molecular complexity index is 577. The molecule has 0 unspecified atom stereocenters. The lowest BCUT2D eigenvalue weighted by atomic mass is 9.77. The highest BCUT2D eigenvalue weighted by molar-refractivity contribution is 5.85. The normalized spacial score (nSPS) is 20.3. The van der Waals surface area contributed by atoms with E-state index in [4.69, 9.17) is 9.47 Å². The van der Waals surface area contributed by atoms with Gasteiger partial charge in [0.2, 0.25) is 0 Å². The molecule has 0 fully saturated rings. The minimum atomic E-state index is -0.350. The molecule has 24 heavy (non-hydrogen) atoms. The molecule has 0 heterocycles. The SMILES string of the molecule is CCOC(=O)[C@H]1CC(CCOCc2ccccc2)=CC[C@@H]1C(C)=O. The van der Waals surface area contributed by atoms with Crippen LogP contribution < -0.4 is 0 Å². The van der Waals surface area contributed by atoms with Crippen LogP contribution in [0.15, 0.2) is 42.0 Å². The summed E-state index contributed by atoms with van der Waals surface area (Å²) in [6.45, 7) is 4.89. The van der Waals surface area contributed by atoms with E-state index in [1.165, 1.54) is 5.57 Å². The molecule has 1 aliphatic carbocycles. The van der Waals surface area contributed by atoms with E-state index in [9.17, 15) is 9.59 Å². The van der Waals surface area contributed by atoms with E-state index in [0.717, 1.165) is 12.0 Å². The summed E-state index contributed by atoms with van der Waals surface area (Å²) in [6, 6.07) is 10.0. The van der Waals surface area contributed by atoms with Gasteiger partial charge in [-0.2, -0.15) is 0 Å². The summed E-state index contributed by atoms with van der Waals surface area (Å²) in [5.41, 5.74) is 2.33. The van der Waals surface area contributed by atoms with Gasteiger partial charge in [0, 0.05) is 5.92 Å². The van der Waals surface area contributed by atoms with Crippen molar-refractivity contribution in [2.24, 2.45) is 11.8 Å². The van der Waals surface area contributed by atoms with Crippen LogP contribution in [0.1, 0.15) is 38.7 Å². The molecule has 0 radical (unpaired) electrons. The smallest absolute Gasteiger partial charge is 0.309 e. The Morgan fingerprint density at radius 3 is 2.58 bits per heavy atom. The van der Waals surface area contributed by atoms with E-state index >= 15 is 0 Å². The topological polar surface area (TPSA) is 52.6 Å². The summed E-state index contributed by atoms with van der Waals surface area (Å²) in [6.07, 6.45) is 4.09. The molecule has 1 aliphatic rings. The lowest BCUT2D eigenvalue weighted by Crippen LogP contribution is -2.32. The Kier molecular flexibility index (Phi) is 7.19. The summed E-state index contributed by atoms with van der Waals surface area (Å²) in [5.74, 6) is -0.799. The number of benzene rings is 1. The Morgan fingerprint density at radius 2 is 1.92 bits per heavy atom. The molecular weight excluding hydrogens is 304 g/mol. The number of carbonyl (C=O) groups is 2. The summed E-state index contributed by atoms with van der Waals surface area (Å²) < 4.78 is 10.9. The number of Topliss-reactive ketones (excluding diaryl/α,β-unsaturated/α-hetero) is 1. The number of esters is 1. The van der Waals surface area contributed by atoms with Gasteiger partial charge in [0.05, 0.1) is 25.7 Å². The quantitative estimate of drug-likeness (QED) is 0.414. The van der Waals surface area contributed by atoms with Crippen molar-refractivity contribution in [2.45, 2.75) is 39.7 Å². The van der Waals surface area contributed by atoms with Gasteiger partial charge in [0.25, 0.3) is 0 Å². The molecular formula is C20H26O4. The molecule has 0 N–H and O–H groups in total. The number of ether oxygens (including phenoxy) is 2. The van der Waals surface area contributed by atoms with Crippen molar-refractivity contribution in [2.75, 3.05) is 13.2 Å². The van der Waals surface area contributed by atoms with E-state index in [0.29, 0.717) is 32.7 Å². The van der Waals surface area contributed by atoms with Gasteiger partial charge in [-0.3, -0.25) is 9.59 Å². The zero-order valence-electron chi connectivity index (χ0n) is 14.5. The van der Waals surface area contributed by atoms with Crippen molar-refractivity contribution < 1.29 is 19.1 Å². The fourth-order valence-corrected chi connectivity index (χ4v) is 3.08. The van der Waals surface area contributed by atoms with Gasteiger partial charge in [-0.05, 0) is 38.7 Å². The van der Waals surface area contributed by atoms with Crippen LogP contribution in [-0.4, -0.2) is 25.0 Å². The predicted octanol–water partition coefficient (Wildman–Crippen LogP) is 3.70. The van der Waals surface area contributed by atoms with Crippen molar-refractivity contribution in [3.05, 3.63) is 47.5 Å². The number of rotatable bonds is 8. The standard InChI is InChI=1S/C20H26O4/c1-3-24-20(22)19-13-16(9-10-18(19)15(2)21)11-12-23-14-17-7-5-4-6-8-17/h4-9,18-19H,3,10-14H2,1-2H3/t18-,19+/m1/s1. The van der Waals surface area contributed by atoms with Crippen LogP contribution in [0.5, 0.6) is 0 Å². The van der Waals surface area contributed by atoms with Crippen LogP contribution in [0.25, 0.3) is 0 Å². The Morgan fingerprint density at radius 1 is 1.17 bits per heavy atom. The van der Waals surface area contributed by atoms with Crippen LogP contribution in [-0.2, 0) is 25.7 Å².